The van der Waals surface area contributed by atoms with E-state index in [-0.39, 0.29) is 24.1 Å². The highest BCUT2D eigenvalue weighted by Gasteiger charge is 2.45. The van der Waals surface area contributed by atoms with E-state index >= 15 is 0 Å². The van der Waals surface area contributed by atoms with E-state index in [1.807, 2.05) is 80.3 Å². The summed E-state index contributed by atoms with van der Waals surface area (Å²) in [5.74, 6) is 0.251. The molecule has 2 aliphatic rings. The molecule has 2 saturated heterocycles. The minimum absolute atomic E-state index is 0.166. The molecule has 2 aromatic carbocycles. The molecule has 0 radical (unpaired) electrons. The van der Waals surface area contributed by atoms with Gasteiger partial charge in [0.05, 0.1) is 12.3 Å². The number of hydrogen-bond donors (Lipinski definition) is 1. The van der Waals surface area contributed by atoms with E-state index in [0.717, 1.165) is 42.5 Å². The smallest absolute Gasteiger partial charge is 0.411 e. The van der Waals surface area contributed by atoms with Gasteiger partial charge in [-0.1, -0.05) is 48.5 Å². The minimum atomic E-state index is -0.495. The zero-order valence-corrected chi connectivity index (χ0v) is 19.0. The van der Waals surface area contributed by atoms with Crippen LogP contribution in [0.2, 0.25) is 0 Å². The highest BCUT2D eigenvalue weighted by atomic mass is 16.6. The van der Waals surface area contributed by atoms with Gasteiger partial charge in [0.25, 0.3) is 0 Å². The highest BCUT2D eigenvalue weighted by molar-refractivity contribution is 5.91. The maximum absolute atomic E-state index is 12.6. The Kier molecular flexibility index (Phi) is 6.40. The normalized spacial score (nSPS) is 22.3. The molecule has 2 heterocycles. The van der Waals surface area contributed by atoms with Crippen LogP contribution in [0.5, 0.6) is 0 Å². The minimum Gasteiger partial charge on any atom is -0.449 e. The van der Waals surface area contributed by atoms with Gasteiger partial charge in [0.15, 0.2) is 0 Å². The van der Waals surface area contributed by atoms with Crippen LogP contribution in [0.1, 0.15) is 46.5 Å². The molecular formula is C26H32N2O4. The lowest BCUT2D eigenvalue weighted by Crippen LogP contribution is -2.49. The molecule has 0 saturated carbocycles. The fourth-order valence-electron chi connectivity index (χ4n) is 4.84. The number of hydrogen-bond acceptors (Lipinski definition) is 4. The maximum Gasteiger partial charge on any atom is 0.411 e. The number of rotatable bonds is 4. The van der Waals surface area contributed by atoms with Crippen molar-refractivity contribution in [1.82, 2.24) is 4.90 Å². The molecule has 6 heteroatoms. The van der Waals surface area contributed by atoms with Crippen LogP contribution in [0.4, 0.5) is 15.3 Å². The fraction of sp³-hybridized carbons (Fsp3) is 0.462. The SMILES string of the molecule is CC(C)(C)OC(=O)N1C2CCC1CC(COC(=O)Nc1ccccc1-c1ccccc1)C2. The number of piperidine rings is 1. The number of carbonyl (C=O) groups is 2. The van der Waals surface area contributed by atoms with Gasteiger partial charge in [-0.15, -0.1) is 0 Å². The number of ether oxygens (including phenoxy) is 2. The summed E-state index contributed by atoms with van der Waals surface area (Å²) in [6.07, 6.45) is 2.97. The Balaban J connectivity index is 1.32. The quantitative estimate of drug-likeness (QED) is 0.631. The topological polar surface area (TPSA) is 67.9 Å². The van der Waals surface area contributed by atoms with Crippen LogP contribution in [0.3, 0.4) is 0 Å². The molecule has 2 unspecified atom stereocenters. The van der Waals surface area contributed by atoms with Crippen molar-refractivity contribution in [1.29, 1.82) is 0 Å². The Morgan fingerprint density at radius 3 is 2.25 bits per heavy atom. The number of nitrogens with one attached hydrogen (secondary N) is 1. The van der Waals surface area contributed by atoms with Crippen molar-refractivity contribution < 1.29 is 19.1 Å². The summed E-state index contributed by atoms with van der Waals surface area (Å²) < 4.78 is 11.2. The predicted octanol–water partition coefficient (Wildman–Crippen LogP) is 6.08. The van der Waals surface area contributed by atoms with Gasteiger partial charge in [-0.2, -0.15) is 0 Å². The molecule has 2 fully saturated rings. The molecule has 2 bridgehead atoms. The molecular weight excluding hydrogens is 404 g/mol. The lowest BCUT2D eigenvalue weighted by Gasteiger charge is -2.39. The van der Waals surface area contributed by atoms with Crippen molar-refractivity contribution in [3.8, 4) is 11.1 Å². The molecule has 2 aromatic rings. The summed E-state index contributed by atoms with van der Waals surface area (Å²) in [4.78, 5) is 27.1. The second kappa shape index (κ2) is 9.23. The average molecular weight is 437 g/mol. The highest BCUT2D eigenvalue weighted by Crippen LogP contribution is 2.39. The number of amides is 2. The Bertz CT molecular complexity index is 940. The molecule has 2 amide bonds. The third-order valence-corrected chi connectivity index (χ3v) is 6.13. The van der Waals surface area contributed by atoms with Gasteiger partial charge >= 0.3 is 12.2 Å². The molecule has 2 atom stereocenters. The van der Waals surface area contributed by atoms with Gasteiger partial charge in [0.1, 0.15) is 5.60 Å². The summed E-state index contributed by atoms with van der Waals surface area (Å²) >= 11 is 0. The van der Waals surface area contributed by atoms with Crippen molar-refractivity contribution in [2.45, 2.75) is 64.1 Å². The maximum atomic E-state index is 12.6. The molecule has 1 N–H and O–H groups in total. The third kappa shape index (κ3) is 5.23. The standard InChI is InChI=1S/C26H32N2O4/c1-26(2,3)32-25(30)28-20-13-14-21(28)16-18(15-20)17-31-24(29)27-23-12-8-7-11-22(23)19-9-5-4-6-10-19/h4-12,18,20-21H,13-17H2,1-3H3,(H,27,29). The molecule has 6 nitrogen and oxygen atoms in total. The van der Waals surface area contributed by atoms with Crippen LogP contribution >= 0.6 is 0 Å². The number of benzene rings is 2. The largest absolute Gasteiger partial charge is 0.449 e. The van der Waals surface area contributed by atoms with Crippen LogP contribution in [0, 0.1) is 5.92 Å². The first-order chi connectivity index (χ1) is 15.3. The Labute approximate surface area is 189 Å². The average Bonchev–Trinajstić information content (AvgIpc) is 3.03. The monoisotopic (exact) mass is 436 g/mol. The van der Waals surface area contributed by atoms with Crippen LogP contribution in [0.15, 0.2) is 54.6 Å². The van der Waals surface area contributed by atoms with E-state index in [0.29, 0.717) is 6.61 Å². The van der Waals surface area contributed by atoms with Gasteiger partial charge in [0, 0.05) is 17.6 Å². The van der Waals surface area contributed by atoms with Crippen LogP contribution in [-0.4, -0.2) is 41.4 Å². The van der Waals surface area contributed by atoms with Gasteiger partial charge in [-0.05, 0) is 64.0 Å². The molecule has 2 aliphatic heterocycles. The third-order valence-electron chi connectivity index (χ3n) is 6.13. The fourth-order valence-corrected chi connectivity index (χ4v) is 4.84. The van der Waals surface area contributed by atoms with Crippen LogP contribution < -0.4 is 5.32 Å². The predicted molar refractivity (Wildman–Crippen MR) is 124 cm³/mol. The zero-order valence-electron chi connectivity index (χ0n) is 19.0. The summed E-state index contributed by atoms with van der Waals surface area (Å²) in [5, 5.41) is 2.89. The first-order valence-electron chi connectivity index (χ1n) is 11.4. The number of nitrogens with zero attached hydrogens (tertiary/aromatic N) is 1. The first kappa shape index (κ1) is 22.2. The van der Waals surface area contributed by atoms with Crippen molar-refractivity contribution in [2.75, 3.05) is 11.9 Å². The van der Waals surface area contributed by atoms with E-state index in [1.54, 1.807) is 0 Å². The van der Waals surface area contributed by atoms with E-state index in [9.17, 15) is 9.59 Å². The molecule has 32 heavy (non-hydrogen) atoms. The van der Waals surface area contributed by atoms with E-state index < -0.39 is 11.7 Å². The second-order valence-electron chi connectivity index (χ2n) is 9.75. The molecule has 0 aromatic heterocycles. The van der Waals surface area contributed by atoms with Crippen molar-refractivity contribution in [3.63, 3.8) is 0 Å². The van der Waals surface area contributed by atoms with E-state index in [2.05, 4.69) is 5.32 Å². The summed E-state index contributed by atoms with van der Waals surface area (Å²) in [6, 6.07) is 18.0. The lowest BCUT2D eigenvalue weighted by molar-refractivity contribution is -0.00262. The molecule has 170 valence electrons. The Hall–Kier alpha value is -3.02. The van der Waals surface area contributed by atoms with E-state index in [4.69, 9.17) is 9.47 Å². The Morgan fingerprint density at radius 1 is 0.969 bits per heavy atom. The number of fused-ring (bicyclic) bond motifs is 2. The van der Waals surface area contributed by atoms with Crippen LogP contribution in [0.25, 0.3) is 11.1 Å². The van der Waals surface area contributed by atoms with E-state index in [1.165, 1.54) is 0 Å². The van der Waals surface area contributed by atoms with Crippen molar-refractivity contribution in [2.24, 2.45) is 5.92 Å². The molecule has 0 spiro atoms. The van der Waals surface area contributed by atoms with Crippen molar-refractivity contribution in [3.05, 3.63) is 54.6 Å². The summed E-state index contributed by atoms with van der Waals surface area (Å²) in [7, 11) is 0. The Morgan fingerprint density at radius 2 is 1.59 bits per heavy atom. The zero-order chi connectivity index (χ0) is 22.7. The number of para-hydroxylation sites is 1. The second-order valence-corrected chi connectivity index (χ2v) is 9.75. The van der Waals surface area contributed by atoms with Crippen LogP contribution in [-0.2, 0) is 9.47 Å². The molecule has 0 aliphatic carbocycles. The van der Waals surface area contributed by atoms with Crippen molar-refractivity contribution >= 4 is 17.9 Å². The first-order valence-corrected chi connectivity index (χ1v) is 11.4. The summed E-state index contributed by atoms with van der Waals surface area (Å²) in [6.45, 7) is 6.03. The molecule has 4 rings (SSSR count). The summed E-state index contributed by atoms with van der Waals surface area (Å²) in [5.41, 5.74) is 2.22. The lowest BCUT2D eigenvalue weighted by atomic mass is 9.92. The van der Waals surface area contributed by atoms with Gasteiger partial charge in [-0.25, -0.2) is 9.59 Å². The number of anilines is 1. The number of carbonyl (C=O) groups excluding carboxylic acids is 2. The van der Waals surface area contributed by atoms with Gasteiger partial charge in [-0.3, -0.25) is 5.32 Å². The van der Waals surface area contributed by atoms with Gasteiger partial charge < -0.3 is 14.4 Å². The van der Waals surface area contributed by atoms with Gasteiger partial charge in [0.2, 0.25) is 0 Å².